The van der Waals surface area contributed by atoms with Gasteiger partial charge in [0.1, 0.15) is 18.0 Å². The molecule has 8 heteroatoms. The number of carbonyl (C=O) groups is 1. The van der Waals surface area contributed by atoms with Gasteiger partial charge < -0.3 is 10.1 Å². The molecule has 0 aromatic heterocycles. The Morgan fingerprint density at radius 3 is 2.24 bits per heavy atom. The van der Waals surface area contributed by atoms with E-state index in [0.29, 0.717) is 22.9 Å². The van der Waals surface area contributed by atoms with Crippen molar-refractivity contribution in [1.82, 2.24) is 0 Å². The number of para-hydroxylation sites is 1. The lowest BCUT2D eigenvalue weighted by molar-refractivity contribution is -0.114. The summed E-state index contributed by atoms with van der Waals surface area (Å²) in [5.74, 6) is 0.791. The van der Waals surface area contributed by atoms with E-state index in [1.165, 1.54) is 0 Å². The number of benzene rings is 3. The van der Waals surface area contributed by atoms with Crippen LogP contribution in [0, 0.1) is 0 Å². The highest BCUT2D eigenvalue weighted by Crippen LogP contribution is 2.25. The predicted molar refractivity (Wildman–Crippen MR) is 118 cm³/mol. The molecule has 29 heavy (non-hydrogen) atoms. The molecule has 0 radical (unpaired) electrons. The SMILES string of the molecule is CS(=O)(=O)N(CC(=O)Nc1cccc(Br)c1)c1ccc(Oc2ccccc2)cc1. The Morgan fingerprint density at radius 1 is 0.966 bits per heavy atom. The summed E-state index contributed by atoms with van der Waals surface area (Å²) in [6, 6.07) is 22.8. The predicted octanol–water partition coefficient (Wildman–Crippen LogP) is 4.65. The molecule has 1 amide bonds. The van der Waals surface area contributed by atoms with E-state index in [0.717, 1.165) is 15.0 Å². The number of hydrogen-bond acceptors (Lipinski definition) is 4. The molecule has 1 N–H and O–H groups in total. The molecule has 0 saturated heterocycles. The summed E-state index contributed by atoms with van der Waals surface area (Å²) in [6.07, 6.45) is 1.06. The molecule has 0 fully saturated rings. The number of rotatable bonds is 7. The molecule has 0 atom stereocenters. The third-order valence-electron chi connectivity index (χ3n) is 3.90. The third-order valence-corrected chi connectivity index (χ3v) is 5.53. The quantitative estimate of drug-likeness (QED) is 0.540. The van der Waals surface area contributed by atoms with Gasteiger partial charge in [-0.2, -0.15) is 0 Å². The summed E-state index contributed by atoms with van der Waals surface area (Å²) in [4.78, 5) is 12.4. The lowest BCUT2D eigenvalue weighted by atomic mass is 10.3. The Kier molecular flexibility index (Phi) is 6.56. The molecular weight excluding hydrogens is 456 g/mol. The number of halogens is 1. The van der Waals surface area contributed by atoms with Crippen LogP contribution in [-0.2, 0) is 14.8 Å². The van der Waals surface area contributed by atoms with Gasteiger partial charge in [-0.15, -0.1) is 0 Å². The zero-order valence-electron chi connectivity index (χ0n) is 15.6. The largest absolute Gasteiger partial charge is 0.457 e. The Bertz CT molecular complexity index is 1090. The average Bonchev–Trinajstić information content (AvgIpc) is 2.67. The lowest BCUT2D eigenvalue weighted by Gasteiger charge is -2.22. The number of nitrogens with one attached hydrogen (secondary N) is 1. The fraction of sp³-hybridized carbons (Fsp3) is 0.0952. The van der Waals surface area contributed by atoms with Gasteiger partial charge in [-0.3, -0.25) is 9.10 Å². The first-order chi connectivity index (χ1) is 13.8. The Hall–Kier alpha value is -2.84. The van der Waals surface area contributed by atoms with E-state index >= 15 is 0 Å². The van der Waals surface area contributed by atoms with E-state index in [-0.39, 0.29) is 6.54 Å². The molecule has 6 nitrogen and oxygen atoms in total. The van der Waals surface area contributed by atoms with E-state index < -0.39 is 15.9 Å². The number of sulfonamides is 1. The van der Waals surface area contributed by atoms with Gasteiger partial charge in [-0.1, -0.05) is 40.2 Å². The van der Waals surface area contributed by atoms with E-state index in [4.69, 9.17) is 4.74 Å². The number of anilines is 2. The molecule has 0 aliphatic carbocycles. The second kappa shape index (κ2) is 9.11. The van der Waals surface area contributed by atoms with Crippen molar-refractivity contribution in [1.29, 1.82) is 0 Å². The van der Waals surface area contributed by atoms with Crippen molar-refractivity contribution in [2.24, 2.45) is 0 Å². The summed E-state index contributed by atoms with van der Waals surface area (Å²) in [5.41, 5.74) is 0.946. The topological polar surface area (TPSA) is 75.7 Å². The van der Waals surface area contributed by atoms with Gasteiger partial charge in [0.15, 0.2) is 0 Å². The van der Waals surface area contributed by atoms with Crippen LogP contribution < -0.4 is 14.4 Å². The van der Waals surface area contributed by atoms with Crippen molar-refractivity contribution in [2.45, 2.75) is 0 Å². The number of ether oxygens (including phenoxy) is 1. The molecule has 150 valence electrons. The molecule has 3 aromatic carbocycles. The molecule has 3 rings (SSSR count). The minimum absolute atomic E-state index is 0.343. The van der Waals surface area contributed by atoms with E-state index in [9.17, 15) is 13.2 Å². The Morgan fingerprint density at radius 2 is 1.62 bits per heavy atom. The number of nitrogens with zero attached hydrogens (tertiary/aromatic N) is 1. The Balaban J connectivity index is 1.74. The first kappa shape index (κ1) is 20.9. The maximum Gasteiger partial charge on any atom is 0.245 e. The number of amides is 1. The molecule has 0 unspecified atom stereocenters. The van der Waals surface area contributed by atoms with E-state index in [1.54, 1.807) is 42.5 Å². The molecule has 0 aliphatic heterocycles. The van der Waals surface area contributed by atoms with Gasteiger partial charge in [-0.05, 0) is 54.6 Å². The molecule has 0 aliphatic rings. The third kappa shape index (κ3) is 6.07. The summed E-state index contributed by atoms with van der Waals surface area (Å²) in [7, 11) is -3.66. The smallest absolute Gasteiger partial charge is 0.245 e. The summed E-state index contributed by atoms with van der Waals surface area (Å²) < 4.78 is 32.1. The summed E-state index contributed by atoms with van der Waals surface area (Å²) in [6.45, 7) is -0.343. The van der Waals surface area contributed by atoms with Crippen LogP contribution in [0.5, 0.6) is 11.5 Å². The molecule has 0 heterocycles. The van der Waals surface area contributed by atoms with Crippen LogP contribution in [0.3, 0.4) is 0 Å². The highest BCUT2D eigenvalue weighted by atomic mass is 79.9. The van der Waals surface area contributed by atoms with Crippen LogP contribution in [0.15, 0.2) is 83.3 Å². The van der Waals surface area contributed by atoms with Gasteiger partial charge in [0.25, 0.3) is 0 Å². The normalized spacial score (nSPS) is 11.0. The fourth-order valence-electron chi connectivity index (χ4n) is 2.60. The van der Waals surface area contributed by atoms with Crippen molar-refractivity contribution in [3.8, 4) is 11.5 Å². The van der Waals surface area contributed by atoms with Crippen LogP contribution in [0.2, 0.25) is 0 Å². The van der Waals surface area contributed by atoms with Crippen molar-refractivity contribution < 1.29 is 17.9 Å². The zero-order chi connectivity index (χ0) is 20.9. The lowest BCUT2D eigenvalue weighted by Crippen LogP contribution is -2.37. The first-order valence-electron chi connectivity index (χ1n) is 8.67. The molecule has 0 bridgehead atoms. The van der Waals surface area contributed by atoms with E-state index in [2.05, 4.69) is 21.2 Å². The van der Waals surface area contributed by atoms with Gasteiger partial charge in [0.05, 0.1) is 11.9 Å². The highest BCUT2D eigenvalue weighted by molar-refractivity contribution is 9.10. The highest BCUT2D eigenvalue weighted by Gasteiger charge is 2.21. The second-order valence-electron chi connectivity index (χ2n) is 6.24. The van der Waals surface area contributed by atoms with Crippen LogP contribution in [0.25, 0.3) is 0 Å². The van der Waals surface area contributed by atoms with E-state index in [1.807, 2.05) is 36.4 Å². The Labute approximate surface area is 178 Å². The van der Waals surface area contributed by atoms with Gasteiger partial charge in [-0.25, -0.2) is 8.42 Å². The standard InChI is InChI=1S/C21H19BrN2O4S/c1-29(26,27)24(15-21(25)23-17-7-5-6-16(22)14-17)18-10-12-20(13-11-18)28-19-8-3-2-4-9-19/h2-14H,15H2,1H3,(H,23,25). The van der Waals surface area contributed by atoms with Crippen molar-refractivity contribution in [3.63, 3.8) is 0 Å². The van der Waals surface area contributed by atoms with Crippen LogP contribution in [0.4, 0.5) is 11.4 Å². The van der Waals surface area contributed by atoms with Gasteiger partial charge in [0.2, 0.25) is 15.9 Å². The zero-order valence-corrected chi connectivity index (χ0v) is 18.0. The van der Waals surface area contributed by atoms with Gasteiger partial charge >= 0.3 is 0 Å². The van der Waals surface area contributed by atoms with Crippen LogP contribution in [-0.4, -0.2) is 27.1 Å². The van der Waals surface area contributed by atoms with Crippen molar-refractivity contribution in [3.05, 3.63) is 83.3 Å². The maximum absolute atomic E-state index is 12.4. The first-order valence-corrected chi connectivity index (χ1v) is 11.3. The van der Waals surface area contributed by atoms with Crippen LogP contribution >= 0.6 is 15.9 Å². The monoisotopic (exact) mass is 474 g/mol. The van der Waals surface area contributed by atoms with Crippen LogP contribution in [0.1, 0.15) is 0 Å². The average molecular weight is 475 g/mol. The molecule has 0 spiro atoms. The van der Waals surface area contributed by atoms with Crippen molar-refractivity contribution >= 4 is 43.2 Å². The second-order valence-corrected chi connectivity index (χ2v) is 9.06. The molecular formula is C21H19BrN2O4S. The molecule has 0 saturated carbocycles. The van der Waals surface area contributed by atoms with Crippen molar-refractivity contribution in [2.75, 3.05) is 22.4 Å². The summed E-state index contributed by atoms with van der Waals surface area (Å²) >= 11 is 3.33. The fourth-order valence-corrected chi connectivity index (χ4v) is 3.86. The minimum Gasteiger partial charge on any atom is -0.457 e. The number of carbonyl (C=O) groups excluding carboxylic acids is 1. The summed E-state index contributed by atoms with van der Waals surface area (Å²) in [5, 5.41) is 2.70. The minimum atomic E-state index is -3.66. The maximum atomic E-state index is 12.4. The molecule has 3 aromatic rings. The van der Waals surface area contributed by atoms with Gasteiger partial charge in [0, 0.05) is 10.2 Å². The number of hydrogen-bond donors (Lipinski definition) is 1.